The molecule has 0 bridgehead atoms. The number of carbonyl (C=O) groups excluding carboxylic acids is 1. The lowest BCUT2D eigenvalue weighted by Crippen LogP contribution is -2.59. The number of hydrogen-bond acceptors (Lipinski definition) is 2. The minimum Gasteiger partial charge on any atom is -0.331 e. The summed E-state index contributed by atoms with van der Waals surface area (Å²) >= 11 is 0. The van der Waals surface area contributed by atoms with Crippen molar-refractivity contribution in [3.63, 3.8) is 0 Å². The predicted molar refractivity (Wildman–Crippen MR) is 88.8 cm³/mol. The molecule has 4 heteroatoms. The fraction of sp³-hybridized carbons (Fsp3) is 0.611. The molecule has 1 N–H and O–H groups in total. The second-order valence-electron chi connectivity index (χ2n) is 6.59. The highest BCUT2D eigenvalue weighted by atomic mass is 16.2. The molecule has 0 aliphatic carbocycles. The Kier molecular flexibility index (Phi) is 4.67. The van der Waals surface area contributed by atoms with Crippen molar-refractivity contribution in [3.05, 3.63) is 35.9 Å². The van der Waals surface area contributed by atoms with E-state index in [1.54, 1.807) is 0 Å². The van der Waals surface area contributed by atoms with Crippen LogP contribution in [0.2, 0.25) is 0 Å². The van der Waals surface area contributed by atoms with E-state index >= 15 is 0 Å². The molecular weight excluding hydrogens is 274 g/mol. The third-order valence-corrected chi connectivity index (χ3v) is 5.16. The molecule has 1 aromatic carbocycles. The van der Waals surface area contributed by atoms with Crippen LogP contribution in [0.3, 0.4) is 0 Å². The Morgan fingerprint density at radius 3 is 2.82 bits per heavy atom. The Balaban J connectivity index is 1.65. The van der Waals surface area contributed by atoms with Crippen LogP contribution in [0.15, 0.2) is 30.3 Å². The molecule has 3 rings (SSSR count). The highest BCUT2D eigenvalue weighted by Crippen LogP contribution is 2.26. The third-order valence-electron chi connectivity index (χ3n) is 5.16. The number of amides is 2. The molecule has 2 aliphatic heterocycles. The molecule has 2 amide bonds. The number of urea groups is 1. The first kappa shape index (κ1) is 15.3. The van der Waals surface area contributed by atoms with Gasteiger partial charge in [-0.3, -0.25) is 4.90 Å². The Bertz CT molecular complexity index is 504. The highest BCUT2D eigenvalue weighted by Gasteiger charge is 2.37. The van der Waals surface area contributed by atoms with Gasteiger partial charge in [0.05, 0.1) is 6.04 Å². The molecule has 0 saturated carbocycles. The van der Waals surface area contributed by atoms with Crippen LogP contribution in [0.1, 0.15) is 44.7 Å². The van der Waals surface area contributed by atoms with Gasteiger partial charge in [0.1, 0.15) is 0 Å². The maximum atomic E-state index is 12.7. The first-order chi connectivity index (χ1) is 10.7. The van der Waals surface area contributed by atoms with E-state index in [-0.39, 0.29) is 12.1 Å². The van der Waals surface area contributed by atoms with Crippen LogP contribution in [-0.4, -0.2) is 47.5 Å². The van der Waals surface area contributed by atoms with Gasteiger partial charge in [0, 0.05) is 25.2 Å². The van der Waals surface area contributed by atoms with Gasteiger partial charge < -0.3 is 10.2 Å². The van der Waals surface area contributed by atoms with Crippen molar-refractivity contribution in [1.29, 1.82) is 0 Å². The number of nitrogens with zero attached hydrogens (tertiary/aromatic N) is 2. The van der Waals surface area contributed by atoms with Gasteiger partial charge in [-0.25, -0.2) is 4.79 Å². The zero-order valence-corrected chi connectivity index (χ0v) is 13.7. The maximum absolute atomic E-state index is 12.7. The van der Waals surface area contributed by atoms with E-state index in [0.29, 0.717) is 12.1 Å². The van der Waals surface area contributed by atoms with E-state index in [1.807, 2.05) is 18.2 Å². The zero-order valence-electron chi connectivity index (χ0n) is 13.7. The molecule has 0 aromatic heterocycles. The molecule has 4 nitrogen and oxygen atoms in total. The van der Waals surface area contributed by atoms with Crippen molar-refractivity contribution in [2.24, 2.45) is 0 Å². The molecule has 2 fully saturated rings. The van der Waals surface area contributed by atoms with Crippen molar-refractivity contribution >= 4 is 6.03 Å². The van der Waals surface area contributed by atoms with Crippen LogP contribution < -0.4 is 5.32 Å². The lowest BCUT2D eigenvalue weighted by atomic mass is 10.1. The van der Waals surface area contributed by atoms with Crippen LogP contribution in [0.5, 0.6) is 0 Å². The summed E-state index contributed by atoms with van der Waals surface area (Å²) in [6.45, 7) is 7.36. The Hall–Kier alpha value is -1.55. The minimum atomic E-state index is 0.0489. The van der Waals surface area contributed by atoms with Crippen LogP contribution in [-0.2, 0) is 0 Å². The molecule has 2 aliphatic rings. The molecule has 22 heavy (non-hydrogen) atoms. The average molecular weight is 301 g/mol. The normalized spacial score (nSPS) is 26.5. The molecule has 3 unspecified atom stereocenters. The van der Waals surface area contributed by atoms with E-state index in [1.165, 1.54) is 19.4 Å². The molecule has 0 spiro atoms. The quantitative estimate of drug-likeness (QED) is 0.931. The fourth-order valence-electron chi connectivity index (χ4n) is 3.78. The highest BCUT2D eigenvalue weighted by molar-refractivity contribution is 5.75. The summed E-state index contributed by atoms with van der Waals surface area (Å²) in [7, 11) is 0. The smallest absolute Gasteiger partial charge is 0.318 e. The summed E-state index contributed by atoms with van der Waals surface area (Å²) in [5.41, 5.74) is 1.16. The van der Waals surface area contributed by atoms with Crippen molar-refractivity contribution in [1.82, 2.24) is 15.1 Å². The first-order valence-electron chi connectivity index (χ1n) is 8.55. The topological polar surface area (TPSA) is 35.6 Å². The van der Waals surface area contributed by atoms with Crippen molar-refractivity contribution in [2.75, 3.05) is 19.6 Å². The molecular formula is C18H27N3O. The molecule has 2 heterocycles. The van der Waals surface area contributed by atoms with E-state index in [4.69, 9.17) is 0 Å². The van der Waals surface area contributed by atoms with Gasteiger partial charge in [0.15, 0.2) is 0 Å². The van der Waals surface area contributed by atoms with Crippen LogP contribution in [0.4, 0.5) is 4.79 Å². The zero-order chi connectivity index (χ0) is 15.5. The Labute approximate surface area is 133 Å². The Morgan fingerprint density at radius 2 is 2.09 bits per heavy atom. The predicted octanol–water partition coefficient (Wildman–Crippen LogP) is 3.02. The number of hydrogen-bond donors (Lipinski definition) is 1. The van der Waals surface area contributed by atoms with E-state index in [9.17, 15) is 4.79 Å². The summed E-state index contributed by atoms with van der Waals surface area (Å²) in [6.07, 6.45) is 3.53. The van der Waals surface area contributed by atoms with Crippen LogP contribution >= 0.6 is 0 Å². The third kappa shape index (κ3) is 3.12. The molecule has 120 valence electrons. The SMILES string of the molecule is CCC1CN2CCCC2CN1C(=O)NC(C)c1ccccc1. The van der Waals surface area contributed by atoms with Crippen LogP contribution in [0.25, 0.3) is 0 Å². The van der Waals surface area contributed by atoms with Gasteiger partial charge in [-0.2, -0.15) is 0 Å². The second-order valence-corrected chi connectivity index (χ2v) is 6.59. The summed E-state index contributed by atoms with van der Waals surface area (Å²) < 4.78 is 0. The van der Waals surface area contributed by atoms with E-state index < -0.39 is 0 Å². The molecule has 0 radical (unpaired) electrons. The second kappa shape index (κ2) is 6.69. The summed E-state index contributed by atoms with van der Waals surface area (Å²) in [6, 6.07) is 11.2. The number of carbonyl (C=O) groups is 1. The molecule has 3 atom stereocenters. The summed E-state index contributed by atoms with van der Waals surface area (Å²) in [5, 5.41) is 3.18. The Morgan fingerprint density at radius 1 is 1.32 bits per heavy atom. The van der Waals surface area contributed by atoms with Gasteiger partial charge in [-0.15, -0.1) is 0 Å². The average Bonchev–Trinajstić information content (AvgIpc) is 3.01. The standard InChI is InChI=1S/C18H27N3O/c1-3-16-12-20-11-7-10-17(20)13-21(16)18(22)19-14(2)15-8-5-4-6-9-15/h4-6,8-9,14,16-17H,3,7,10-13H2,1-2H3,(H,19,22). The van der Waals surface area contributed by atoms with Crippen molar-refractivity contribution in [2.45, 2.75) is 51.2 Å². The van der Waals surface area contributed by atoms with Gasteiger partial charge in [0.25, 0.3) is 0 Å². The molecule has 2 saturated heterocycles. The van der Waals surface area contributed by atoms with E-state index in [0.717, 1.165) is 25.1 Å². The fourth-order valence-corrected chi connectivity index (χ4v) is 3.78. The van der Waals surface area contributed by atoms with Crippen molar-refractivity contribution < 1.29 is 4.79 Å². The number of rotatable bonds is 3. The van der Waals surface area contributed by atoms with Crippen LogP contribution in [0, 0.1) is 0 Å². The minimum absolute atomic E-state index is 0.0489. The largest absolute Gasteiger partial charge is 0.331 e. The number of piperazine rings is 1. The van der Waals surface area contributed by atoms with Gasteiger partial charge in [-0.05, 0) is 38.3 Å². The number of nitrogens with one attached hydrogen (secondary N) is 1. The van der Waals surface area contributed by atoms with Gasteiger partial charge >= 0.3 is 6.03 Å². The van der Waals surface area contributed by atoms with Gasteiger partial charge in [-0.1, -0.05) is 37.3 Å². The number of fused-ring (bicyclic) bond motifs is 1. The summed E-state index contributed by atoms with van der Waals surface area (Å²) in [4.78, 5) is 17.4. The maximum Gasteiger partial charge on any atom is 0.318 e. The monoisotopic (exact) mass is 301 g/mol. The van der Waals surface area contributed by atoms with Gasteiger partial charge in [0.2, 0.25) is 0 Å². The number of benzene rings is 1. The molecule has 1 aromatic rings. The first-order valence-corrected chi connectivity index (χ1v) is 8.55. The van der Waals surface area contributed by atoms with Crippen molar-refractivity contribution in [3.8, 4) is 0 Å². The van der Waals surface area contributed by atoms with E-state index in [2.05, 4.69) is 41.1 Å². The lowest BCUT2D eigenvalue weighted by molar-refractivity contribution is 0.0702. The summed E-state index contributed by atoms with van der Waals surface area (Å²) in [5.74, 6) is 0. The lowest BCUT2D eigenvalue weighted by Gasteiger charge is -2.43.